The summed E-state index contributed by atoms with van der Waals surface area (Å²) in [5.41, 5.74) is 4.81. The first-order valence-electron chi connectivity index (χ1n) is 9.11. The number of aromatic hydroxyl groups is 1. The molecular weight excluding hydrogens is 322 g/mol. The van der Waals surface area contributed by atoms with Gasteiger partial charge in [-0.2, -0.15) is 0 Å². The van der Waals surface area contributed by atoms with E-state index < -0.39 is 0 Å². The fraction of sp³-hybridized carbons (Fsp3) is 0.409. The van der Waals surface area contributed by atoms with Crippen molar-refractivity contribution < 1.29 is 5.11 Å². The van der Waals surface area contributed by atoms with Crippen LogP contribution in [-0.4, -0.2) is 15.1 Å². The van der Waals surface area contributed by atoms with Crippen LogP contribution in [0.3, 0.4) is 0 Å². The number of aromatic nitrogens is 2. The topological polar surface area (TPSA) is 60.9 Å². The molecule has 0 radical (unpaired) electrons. The quantitative estimate of drug-likeness (QED) is 0.586. The zero-order valence-electron chi connectivity index (χ0n) is 16.6. The predicted molar refractivity (Wildman–Crippen MR) is 109 cm³/mol. The monoisotopic (exact) mass is 351 g/mol. The number of nitrogens with one attached hydrogen (secondary N) is 2. The van der Waals surface area contributed by atoms with Gasteiger partial charge in [0.05, 0.1) is 11.0 Å². The maximum absolute atomic E-state index is 10.8. The largest absolute Gasteiger partial charge is 0.507 e. The molecule has 1 heterocycles. The van der Waals surface area contributed by atoms with E-state index in [2.05, 4.69) is 69.0 Å². The van der Waals surface area contributed by atoms with Crippen molar-refractivity contribution in [3.63, 3.8) is 0 Å². The molecule has 4 heteroatoms. The number of hydrogen-bond donors (Lipinski definition) is 3. The van der Waals surface area contributed by atoms with Crippen molar-refractivity contribution in [2.24, 2.45) is 0 Å². The van der Waals surface area contributed by atoms with Gasteiger partial charge < -0.3 is 15.4 Å². The molecule has 0 bridgehead atoms. The molecule has 1 aromatic heterocycles. The number of para-hydroxylation sites is 2. The lowest BCUT2D eigenvalue weighted by atomic mass is 9.78. The lowest BCUT2D eigenvalue weighted by Gasteiger charge is -2.28. The fourth-order valence-corrected chi connectivity index (χ4v) is 3.16. The minimum absolute atomic E-state index is 0.126. The summed E-state index contributed by atoms with van der Waals surface area (Å²) in [5, 5.41) is 14.2. The van der Waals surface area contributed by atoms with Gasteiger partial charge in [-0.25, -0.2) is 4.98 Å². The first-order valence-corrected chi connectivity index (χ1v) is 9.11. The van der Waals surface area contributed by atoms with Crippen LogP contribution in [0.4, 0.5) is 5.95 Å². The smallest absolute Gasteiger partial charge is 0.201 e. The third-order valence-electron chi connectivity index (χ3n) is 4.64. The third kappa shape index (κ3) is 3.69. The first-order chi connectivity index (χ1) is 12.1. The maximum Gasteiger partial charge on any atom is 0.201 e. The highest BCUT2D eigenvalue weighted by molar-refractivity contribution is 5.77. The molecule has 0 aliphatic carbocycles. The van der Waals surface area contributed by atoms with Gasteiger partial charge in [-0.3, -0.25) is 0 Å². The van der Waals surface area contributed by atoms with Crippen LogP contribution in [0.15, 0.2) is 36.4 Å². The van der Waals surface area contributed by atoms with E-state index in [1.807, 2.05) is 24.3 Å². The molecule has 4 nitrogen and oxygen atoms in total. The number of nitrogens with zero attached hydrogens (tertiary/aromatic N) is 1. The van der Waals surface area contributed by atoms with E-state index in [9.17, 15) is 5.11 Å². The fourth-order valence-electron chi connectivity index (χ4n) is 3.16. The van der Waals surface area contributed by atoms with E-state index in [1.54, 1.807) is 0 Å². The average Bonchev–Trinajstić information content (AvgIpc) is 2.94. The van der Waals surface area contributed by atoms with E-state index >= 15 is 0 Å². The molecule has 0 saturated carbocycles. The number of imidazole rings is 1. The van der Waals surface area contributed by atoms with Crippen molar-refractivity contribution in [1.82, 2.24) is 9.97 Å². The summed E-state index contributed by atoms with van der Waals surface area (Å²) in [6, 6.07) is 12.2. The van der Waals surface area contributed by atoms with E-state index in [0.29, 0.717) is 12.3 Å². The molecular formula is C22H29N3O. The van der Waals surface area contributed by atoms with E-state index in [4.69, 9.17) is 0 Å². The zero-order valence-corrected chi connectivity index (χ0v) is 16.6. The van der Waals surface area contributed by atoms with E-state index in [1.165, 1.54) is 0 Å². The molecule has 2 aromatic carbocycles. The molecule has 0 amide bonds. The van der Waals surface area contributed by atoms with Crippen LogP contribution in [0.2, 0.25) is 0 Å². The third-order valence-corrected chi connectivity index (χ3v) is 4.64. The van der Waals surface area contributed by atoms with Crippen LogP contribution in [0.25, 0.3) is 11.0 Å². The van der Waals surface area contributed by atoms with Gasteiger partial charge in [0.15, 0.2) is 0 Å². The number of aromatic amines is 1. The Labute approximate surface area is 155 Å². The summed E-state index contributed by atoms with van der Waals surface area (Å²) in [5.74, 6) is 1.17. The molecule has 3 rings (SSSR count). The molecule has 0 saturated heterocycles. The summed E-state index contributed by atoms with van der Waals surface area (Å²) in [7, 11) is 0. The van der Waals surface area contributed by atoms with Gasteiger partial charge >= 0.3 is 0 Å². The van der Waals surface area contributed by atoms with Crippen molar-refractivity contribution in [2.45, 2.75) is 58.9 Å². The number of hydrogen-bond acceptors (Lipinski definition) is 3. The Kier molecular flexibility index (Phi) is 4.47. The van der Waals surface area contributed by atoms with Gasteiger partial charge in [0.1, 0.15) is 5.75 Å². The molecule has 0 aliphatic rings. The van der Waals surface area contributed by atoms with Crippen LogP contribution in [0.1, 0.15) is 58.2 Å². The van der Waals surface area contributed by atoms with Gasteiger partial charge in [0, 0.05) is 6.54 Å². The van der Waals surface area contributed by atoms with E-state index in [-0.39, 0.29) is 10.8 Å². The van der Waals surface area contributed by atoms with Crippen molar-refractivity contribution in [3.8, 4) is 5.75 Å². The van der Waals surface area contributed by atoms with Crippen LogP contribution in [0.5, 0.6) is 5.75 Å². The second-order valence-corrected chi connectivity index (χ2v) is 9.00. The Morgan fingerprint density at radius 3 is 2.08 bits per heavy atom. The van der Waals surface area contributed by atoms with Gasteiger partial charge in [0.25, 0.3) is 0 Å². The number of benzene rings is 2. The highest BCUT2D eigenvalue weighted by Crippen LogP contribution is 2.39. The van der Waals surface area contributed by atoms with Crippen molar-refractivity contribution in [3.05, 3.63) is 53.1 Å². The van der Waals surface area contributed by atoms with Crippen LogP contribution >= 0.6 is 0 Å². The molecule has 0 spiro atoms. The van der Waals surface area contributed by atoms with Gasteiger partial charge in [0.2, 0.25) is 5.95 Å². The van der Waals surface area contributed by atoms with Gasteiger partial charge in [-0.05, 0) is 51.8 Å². The number of fused-ring (bicyclic) bond motifs is 1. The van der Waals surface area contributed by atoms with Crippen LogP contribution < -0.4 is 5.32 Å². The number of rotatable bonds is 3. The molecule has 0 atom stereocenters. The number of phenols is 1. The highest BCUT2D eigenvalue weighted by atomic mass is 16.3. The Morgan fingerprint density at radius 1 is 0.962 bits per heavy atom. The second-order valence-electron chi connectivity index (χ2n) is 9.00. The molecule has 138 valence electrons. The molecule has 0 aliphatic heterocycles. The lowest BCUT2D eigenvalue weighted by Crippen LogP contribution is -2.18. The molecule has 0 unspecified atom stereocenters. The Bertz CT molecular complexity index is 858. The van der Waals surface area contributed by atoms with Gasteiger partial charge in [-0.1, -0.05) is 53.7 Å². The summed E-state index contributed by atoms with van der Waals surface area (Å²) in [6.45, 7) is 13.4. The summed E-state index contributed by atoms with van der Waals surface area (Å²) in [4.78, 5) is 7.87. The Balaban J connectivity index is 1.93. The van der Waals surface area contributed by atoms with Crippen molar-refractivity contribution >= 4 is 17.0 Å². The Morgan fingerprint density at radius 2 is 1.54 bits per heavy atom. The molecule has 3 N–H and O–H groups in total. The summed E-state index contributed by atoms with van der Waals surface area (Å²) >= 11 is 0. The van der Waals surface area contributed by atoms with Crippen molar-refractivity contribution in [2.75, 3.05) is 5.32 Å². The molecule has 3 aromatic rings. The Hall–Kier alpha value is -2.49. The standard InChI is InChI=1S/C22H29N3O/c1-21(2,3)15-11-14(12-16(19(15)26)22(4,5)6)13-23-20-24-17-9-7-8-10-18(17)25-20/h7-12,26H,13H2,1-6H3,(H2,23,24,25). The lowest BCUT2D eigenvalue weighted by molar-refractivity contribution is 0.423. The maximum atomic E-state index is 10.8. The highest BCUT2D eigenvalue weighted by Gasteiger charge is 2.26. The second kappa shape index (κ2) is 6.35. The van der Waals surface area contributed by atoms with Crippen LogP contribution in [0, 0.1) is 0 Å². The minimum atomic E-state index is -0.126. The summed E-state index contributed by atoms with van der Waals surface area (Å²) in [6.07, 6.45) is 0. The minimum Gasteiger partial charge on any atom is -0.507 e. The molecule has 26 heavy (non-hydrogen) atoms. The van der Waals surface area contributed by atoms with E-state index in [0.717, 1.165) is 33.7 Å². The number of H-pyrrole nitrogens is 1. The first kappa shape index (κ1) is 18.3. The molecule has 0 fully saturated rings. The predicted octanol–water partition coefficient (Wildman–Crippen LogP) is 5.48. The summed E-state index contributed by atoms with van der Waals surface area (Å²) < 4.78 is 0. The van der Waals surface area contributed by atoms with Crippen LogP contribution in [-0.2, 0) is 17.4 Å². The number of phenolic OH excluding ortho intramolecular Hbond substituents is 1. The normalized spacial score (nSPS) is 12.5. The zero-order chi connectivity index (χ0) is 19.1. The SMILES string of the molecule is CC(C)(C)c1cc(CNc2nc3ccccc3[nH]2)cc(C(C)(C)C)c1O. The van der Waals surface area contributed by atoms with Crippen molar-refractivity contribution in [1.29, 1.82) is 0 Å². The number of anilines is 1. The van der Waals surface area contributed by atoms with Gasteiger partial charge in [-0.15, -0.1) is 0 Å². The average molecular weight is 351 g/mol.